The summed E-state index contributed by atoms with van der Waals surface area (Å²) < 4.78 is 92.6. The first-order valence-electron chi connectivity index (χ1n) is 10.5. The van der Waals surface area contributed by atoms with E-state index in [1.807, 2.05) is 0 Å². The van der Waals surface area contributed by atoms with Crippen molar-refractivity contribution in [1.82, 2.24) is 9.80 Å². The van der Waals surface area contributed by atoms with Gasteiger partial charge in [0.15, 0.2) is 0 Å². The number of hydrogen-bond donors (Lipinski definition) is 1. The molecule has 0 aromatic heterocycles. The van der Waals surface area contributed by atoms with Gasteiger partial charge in [0.1, 0.15) is 5.82 Å². The van der Waals surface area contributed by atoms with Gasteiger partial charge in [-0.1, -0.05) is 6.07 Å². The first-order valence-corrected chi connectivity index (χ1v) is 10.5. The number of benzene rings is 2. The van der Waals surface area contributed by atoms with E-state index in [4.69, 9.17) is 5.73 Å². The van der Waals surface area contributed by atoms with Gasteiger partial charge in [-0.2, -0.15) is 26.3 Å². The van der Waals surface area contributed by atoms with E-state index in [2.05, 4.69) is 0 Å². The van der Waals surface area contributed by atoms with Crippen LogP contribution >= 0.6 is 12.4 Å². The van der Waals surface area contributed by atoms with Crippen molar-refractivity contribution in [3.05, 3.63) is 70.0 Å². The van der Waals surface area contributed by atoms with Crippen LogP contribution in [0, 0.1) is 12.7 Å². The van der Waals surface area contributed by atoms with Crippen molar-refractivity contribution in [3.63, 3.8) is 0 Å². The molecule has 2 atom stereocenters. The van der Waals surface area contributed by atoms with E-state index < -0.39 is 47.9 Å². The molecule has 1 saturated heterocycles. The summed E-state index contributed by atoms with van der Waals surface area (Å²) >= 11 is 0. The number of carbonyl (C=O) groups is 1. The summed E-state index contributed by atoms with van der Waals surface area (Å²) in [4.78, 5) is 15.8. The third-order valence-electron chi connectivity index (χ3n) is 5.87. The standard InChI is InChI=1S/C23H24F7N3O.ClH/c1-13-7-17(24)3-4-19(13)20-11-18(31)5-6-33(20)21(34)32(2)12-14-8-15(22(25,26)27)10-16(9-14)23(28,29)30;/h3-4,7-10,18,20H,5-6,11-12,31H2,1-2H3;1H/t18-,20-;/m0./s1. The molecule has 2 amide bonds. The molecule has 2 aromatic rings. The Morgan fingerprint density at radius 3 is 2.14 bits per heavy atom. The van der Waals surface area contributed by atoms with Crippen LogP contribution in [0.2, 0.25) is 0 Å². The van der Waals surface area contributed by atoms with Gasteiger partial charge in [0.25, 0.3) is 0 Å². The predicted octanol–water partition coefficient (Wildman–Crippen LogP) is 6.31. The minimum absolute atomic E-state index is 0. The molecule has 0 spiro atoms. The van der Waals surface area contributed by atoms with Crippen LogP contribution in [0.3, 0.4) is 0 Å². The molecule has 0 saturated carbocycles. The van der Waals surface area contributed by atoms with Crippen LogP contribution in [-0.4, -0.2) is 35.5 Å². The normalized spacial score (nSPS) is 18.7. The summed E-state index contributed by atoms with van der Waals surface area (Å²) in [7, 11) is 1.30. The molecule has 12 heteroatoms. The van der Waals surface area contributed by atoms with Gasteiger partial charge in [-0.15, -0.1) is 12.4 Å². The van der Waals surface area contributed by atoms with Crippen LogP contribution in [0.5, 0.6) is 0 Å². The summed E-state index contributed by atoms with van der Waals surface area (Å²) in [5.41, 5.74) is 4.17. The molecule has 35 heavy (non-hydrogen) atoms. The molecule has 1 heterocycles. The summed E-state index contributed by atoms with van der Waals surface area (Å²) in [6.07, 6.45) is -9.11. The summed E-state index contributed by atoms with van der Waals surface area (Å²) in [5.74, 6) is -0.443. The van der Waals surface area contributed by atoms with E-state index in [1.165, 1.54) is 24.1 Å². The maximum absolute atomic E-state index is 13.6. The lowest BCUT2D eigenvalue weighted by Gasteiger charge is -2.41. The van der Waals surface area contributed by atoms with E-state index in [1.54, 1.807) is 13.0 Å². The van der Waals surface area contributed by atoms with Crippen LogP contribution in [0.15, 0.2) is 36.4 Å². The highest BCUT2D eigenvalue weighted by atomic mass is 35.5. The Labute approximate surface area is 204 Å². The van der Waals surface area contributed by atoms with Crippen LogP contribution in [0.4, 0.5) is 35.5 Å². The van der Waals surface area contributed by atoms with Gasteiger partial charge in [0.05, 0.1) is 17.2 Å². The molecule has 2 N–H and O–H groups in total. The number of urea groups is 1. The second kappa shape index (κ2) is 10.6. The van der Waals surface area contributed by atoms with Crippen molar-refractivity contribution in [1.29, 1.82) is 0 Å². The fourth-order valence-corrected chi connectivity index (χ4v) is 4.20. The molecule has 1 fully saturated rings. The van der Waals surface area contributed by atoms with E-state index in [-0.39, 0.29) is 36.6 Å². The van der Waals surface area contributed by atoms with Crippen molar-refractivity contribution in [3.8, 4) is 0 Å². The molecule has 0 radical (unpaired) electrons. The molecule has 2 aromatic carbocycles. The highest BCUT2D eigenvalue weighted by Gasteiger charge is 2.38. The first-order chi connectivity index (χ1) is 15.7. The number of amides is 2. The maximum Gasteiger partial charge on any atom is 0.416 e. The van der Waals surface area contributed by atoms with Crippen molar-refractivity contribution >= 4 is 18.4 Å². The van der Waals surface area contributed by atoms with Gasteiger partial charge >= 0.3 is 18.4 Å². The average molecular weight is 528 g/mol. The molecule has 0 aliphatic carbocycles. The second-order valence-electron chi connectivity index (χ2n) is 8.55. The van der Waals surface area contributed by atoms with Crippen molar-refractivity contribution in [2.75, 3.05) is 13.6 Å². The Kier molecular flexibility index (Phi) is 8.70. The average Bonchev–Trinajstić information content (AvgIpc) is 2.71. The molecule has 1 aliphatic rings. The van der Waals surface area contributed by atoms with Crippen molar-refractivity contribution in [2.45, 2.75) is 50.7 Å². The molecule has 3 rings (SSSR count). The predicted molar refractivity (Wildman–Crippen MR) is 118 cm³/mol. The van der Waals surface area contributed by atoms with Crippen LogP contribution < -0.4 is 5.73 Å². The Morgan fingerprint density at radius 2 is 1.63 bits per heavy atom. The van der Waals surface area contributed by atoms with E-state index in [0.29, 0.717) is 36.1 Å². The number of piperidine rings is 1. The zero-order chi connectivity index (χ0) is 25.4. The summed E-state index contributed by atoms with van der Waals surface area (Å²) in [6.45, 7) is 1.46. The number of halogens is 8. The highest BCUT2D eigenvalue weighted by Crippen LogP contribution is 2.37. The summed E-state index contributed by atoms with van der Waals surface area (Å²) in [5, 5.41) is 0. The number of alkyl halides is 6. The molecule has 0 unspecified atom stereocenters. The monoisotopic (exact) mass is 527 g/mol. The maximum atomic E-state index is 13.6. The number of likely N-dealkylation sites (tertiary alicyclic amines) is 1. The van der Waals surface area contributed by atoms with Gasteiger partial charge in [-0.3, -0.25) is 0 Å². The van der Waals surface area contributed by atoms with Crippen LogP contribution in [0.1, 0.15) is 46.7 Å². The molecular weight excluding hydrogens is 503 g/mol. The molecule has 4 nitrogen and oxygen atoms in total. The fraction of sp³-hybridized carbons (Fsp3) is 0.435. The van der Waals surface area contributed by atoms with Gasteiger partial charge in [0, 0.05) is 26.2 Å². The van der Waals surface area contributed by atoms with Crippen molar-refractivity contribution in [2.24, 2.45) is 5.73 Å². The first kappa shape index (κ1) is 28.7. The largest absolute Gasteiger partial charge is 0.416 e. The number of nitrogens with zero attached hydrogens (tertiary/aromatic N) is 2. The van der Waals surface area contributed by atoms with Crippen molar-refractivity contribution < 1.29 is 35.5 Å². The molecule has 1 aliphatic heterocycles. The van der Waals surface area contributed by atoms with Crippen LogP contribution in [-0.2, 0) is 18.9 Å². The zero-order valence-corrected chi connectivity index (χ0v) is 19.7. The third kappa shape index (κ3) is 6.78. The SMILES string of the molecule is Cc1cc(F)ccc1[C@@H]1C[C@@H](N)CCN1C(=O)N(C)Cc1cc(C(F)(F)F)cc(C(F)(F)F)c1.Cl. The molecule has 194 valence electrons. The van der Waals surface area contributed by atoms with E-state index in [9.17, 15) is 35.5 Å². The Bertz CT molecular complexity index is 1030. The Morgan fingerprint density at radius 1 is 1.06 bits per heavy atom. The number of rotatable bonds is 3. The number of carbonyl (C=O) groups excluding carboxylic acids is 1. The number of hydrogen-bond acceptors (Lipinski definition) is 2. The minimum Gasteiger partial charge on any atom is -0.328 e. The van der Waals surface area contributed by atoms with Gasteiger partial charge in [-0.05, 0) is 66.8 Å². The highest BCUT2D eigenvalue weighted by molar-refractivity contribution is 5.85. The van der Waals surface area contributed by atoms with Gasteiger partial charge in [-0.25, -0.2) is 9.18 Å². The van der Waals surface area contributed by atoms with Gasteiger partial charge < -0.3 is 15.5 Å². The molecular formula is C23H25ClF7N3O. The lowest BCUT2D eigenvalue weighted by Crippen LogP contribution is -2.49. The number of nitrogens with two attached hydrogens (primary N) is 1. The van der Waals surface area contributed by atoms with Gasteiger partial charge in [0.2, 0.25) is 0 Å². The number of aryl methyl sites for hydroxylation is 1. The Hall–Kier alpha value is -2.53. The smallest absolute Gasteiger partial charge is 0.328 e. The minimum atomic E-state index is -4.98. The topological polar surface area (TPSA) is 49.6 Å². The second-order valence-corrected chi connectivity index (χ2v) is 8.55. The summed E-state index contributed by atoms with van der Waals surface area (Å²) in [6, 6.07) is 4.08. The lowest BCUT2D eigenvalue weighted by atomic mass is 9.90. The zero-order valence-electron chi connectivity index (χ0n) is 18.9. The van der Waals surface area contributed by atoms with Crippen LogP contribution in [0.25, 0.3) is 0 Å². The quantitative estimate of drug-likeness (QED) is 0.476. The Balaban J connectivity index is 0.00000432. The fourth-order valence-electron chi connectivity index (χ4n) is 4.20. The van der Waals surface area contributed by atoms with E-state index >= 15 is 0 Å². The third-order valence-corrected chi connectivity index (χ3v) is 5.87. The lowest BCUT2D eigenvalue weighted by molar-refractivity contribution is -0.143. The van der Waals surface area contributed by atoms with E-state index in [0.717, 1.165) is 4.90 Å². The molecule has 0 bridgehead atoms.